The largest absolute Gasteiger partial charge is 0.489 e. The zero-order valence-electron chi connectivity index (χ0n) is 13.2. The summed E-state index contributed by atoms with van der Waals surface area (Å²) < 4.78 is 18.1. The van der Waals surface area contributed by atoms with Gasteiger partial charge in [0, 0.05) is 29.9 Å². The molecule has 0 saturated carbocycles. The van der Waals surface area contributed by atoms with E-state index in [4.69, 9.17) is 10.5 Å². The van der Waals surface area contributed by atoms with Gasteiger partial charge in [-0.15, -0.1) is 0 Å². The number of hydrogen-bond acceptors (Lipinski definition) is 3. The monoisotopic (exact) mass is 326 g/mol. The number of carbonyl (C=O) groups is 1. The molecular weight excluding hydrogens is 307 g/mol. The molecule has 124 valence electrons. The standard InChI is InChI=1S/C19H19FN2O2/c20-11-14(12-21)13-24-17-6-7-18-15(10-17)8-9-22(19(18)23)16-4-2-1-3-5-16/h1-7,10-11H,8-9,12-13,21H2/b14-11-. The number of fused-ring (bicyclic) bond motifs is 1. The van der Waals surface area contributed by atoms with Gasteiger partial charge in [-0.2, -0.15) is 0 Å². The molecule has 5 heteroatoms. The maximum atomic E-state index is 12.7. The second kappa shape index (κ2) is 7.27. The first kappa shape index (κ1) is 16.2. The molecule has 2 aromatic rings. The molecule has 0 spiro atoms. The molecule has 3 rings (SSSR count). The van der Waals surface area contributed by atoms with E-state index in [1.165, 1.54) is 0 Å². The Morgan fingerprint density at radius 2 is 2.04 bits per heavy atom. The Kier molecular flexibility index (Phi) is 4.91. The van der Waals surface area contributed by atoms with Gasteiger partial charge < -0.3 is 15.4 Å². The summed E-state index contributed by atoms with van der Waals surface area (Å²) in [5, 5.41) is 0. The van der Waals surface area contributed by atoms with Crippen molar-refractivity contribution in [3.05, 3.63) is 71.6 Å². The van der Waals surface area contributed by atoms with Crippen LogP contribution in [-0.2, 0) is 6.42 Å². The van der Waals surface area contributed by atoms with E-state index in [0.29, 0.717) is 29.8 Å². The van der Waals surface area contributed by atoms with Gasteiger partial charge >= 0.3 is 0 Å². The maximum absolute atomic E-state index is 12.7. The normalized spacial score (nSPS) is 14.5. The Bertz CT molecular complexity index is 759. The highest BCUT2D eigenvalue weighted by molar-refractivity contribution is 6.08. The van der Waals surface area contributed by atoms with Crippen LogP contribution in [0, 0.1) is 0 Å². The molecule has 0 fully saturated rings. The van der Waals surface area contributed by atoms with E-state index in [1.54, 1.807) is 17.0 Å². The van der Waals surface area contributed by atoms with Crippen LogP contribution in [0.5, 0.6) is 5.75 Å². The molecule has 1 aliphatic rings. The number of ether oxygens (including phenoxy) is 1. The Balaban J connectivity index is 1.77. The number of hydrogen-bond donors (Lipinski definition) is 1. The molecule has 0 aromatic heterocycles. The van der Waals surface area contributed by atoms with Gasteiger partial charge in [-0.3, -0.25) is 4.79 Å². The summed E-state index contributed by atoms with van der Waals surface area (Å²) in [6.45, 7) is 0.847. The zero-order valence-corrected chi connectivity index (χ0v) is 13.2. The van der Waals surface area contributed by atoms with Crippen molar-refractivity contribution in [2.75, 3.05) is 24.6 Å². The van der Waals surface area contributed by atoms with Crippen LogP contribution in [-0.4, -0.2) is 25.6 Å². The second-order valence-corrected chi connectivity index (χ2v) is 5.62. The third kappa shape index (κ3) is 3.31. The molecule has 0 unspecified atom stereocenters. The fraction of sp³-hybridized carbons (Fsp3) is 0.211. The number of halogens is 1. The fourth-order valence-corrected chi connectivity index (χ4v) is 2.72. The molecule has 2 N–H and O–H groups in total. The number of carbonyl (C=O) groups excluding carboxylic acids is 1. The summed E-state index contributed by atoms with van der Waals surface area (Å²) in [5.41, 5.74) is 8.32. The molecule has 0 aliphatic carbocycles. The van der Waals surface area contributed by atoms with Crippen molar-refractivity contribution in [1.82, 2.24) is 0 Å². The van der Waals surface area contributed by atoms with Crippen molar-refractivity contribution in [1.29, 1.82) is 0 Å². The number of anilines is 1. The van der Waals surface area contributed by atoms with Gasteiger partial charge in [0.1, 0.15) is 12.4 Å². The Morgan fingerprint density at radius 1 is 1.25 bits per heavy atom. The lowest BCUT2D eigenvalue weighted by Crippen LogP contribution is -2.37. The number of rotatable bonds is 5. The van der Waals surface area contributed by atoms with Crippen molar-refractivity contribution in [3.63, 3.8) is 0 Å². The minimum absolute atomic E-state index is 0.0136. The van der Waals surface area contributed by atoms with Crippen molar-refractivity contribution in [2.24, 2.45) is 5.73 Å². The van der Waals surface area contributed by atoms with E-state index >= 15 is 0 Å². The number of nitrogens with zero attached hydrogens (tertiary/aromatic N) is 1. The van der Waals surface area contributed by atoms with Crippen molar-refractivity contribution in [3.8, 4) is 5.75 Å². The summed E-state index contributed by atoms with van der Waals surface area (Å²) in [7, 11) is 0. The summed E-state index contributed by atoms with van der Waals surface area (Å²) in [6.07, 6.45) is 1.22. The molecule has 0 saturated heterocycles. The summed E-state index contributed by atoms with van der Waals surface area (Å²) in [4.78, 5) is 14.5. The lowest BCUT2D eigenvalue weighted by molar-refractivity contribution is 0.0980. The van der Waals surface area contributed by atoms with Gasteiger partial charge in [0.25, 0.3) is 5.91 Å². The van der Waals surface area contributed by atoms with Crippen molar-refractivity contribution < 1.29 is 13.9 Å². The van der Waals surface area contributed by atoms with E-state index < -0.39 is 0 Å². The SMILES string of the molecule is NC/C(=C/F)COc1ccc2c(c1)CCN(c1ccccc1)C2=O. The second-order valence-electron chi connectivity index (χ2n) is 5.62. The maximum Gasteiger partial charge on any atom is 0.258 e. The number of nitrogens with two attached hydrogens (primary N) is 1. The highest BCUT2D eigenvalue weighted by Crippen LogP contribution is 2.27. The van der Waals surface area contributed by atoms with Crippen LogP contribution in [0.1, 0.15) is 15.9 Å². The topological polar surface area (TPSA) is 55.6 Å². The lowest BCUT2D eigenvalue weighted by Gasteiger charge is -2.29. The Labute approximate surface area is 140 Å². The first-order valence-electron chi connectivity index (χ1n) is 7.83. The first-order valence-corrected chi connectivity index (χ1v) is 7.83. The molecule has 4 nitrogen and oxygen atoms in total. The van der Waals surface area contributed by atoms with Crippen molar-refractivity contribution >= 4 is 11.6 Å². The number of benzene rings is 2. The van der Waals surface area contributed by atoms with E-state index in [-0.39, 0.29) is 19.1 Å². The minimum Gasteiger partial charge on any atom is -0.489 e. The molecular formula is C19H19FN2O2. The molecule has 0 radical (unpaired) electrons. The van der Waals surface area contributed by atoms with Crippen LogP contribution < -0.4 is 15.4 Å². The fourth-order valence-electron chi connectivity index (χ4n) is 2.72. The smallest absolute Gasteiger partial charge is 0.258 e. The highest BCUT2D eigenvalue weighted by Gasteiger charge is 2.25. The molecule has 24 heavy (non-hydrogen) atoms. The summed E-state index contributed by atoms with van der Waals surface area (Å²) >= 11 is 0. The van der Waals surface area contributed by atoms with Crippen LogP contribution in [0.4, 0.5) is 10.1 Å². The summed E-state index contributed by atoms with van der Waals surface area (Å²) in [5.74, 6) is 0.600. The third-order valence-corrected chi connectivity index (χ3v) is 4.07. The average Bonchev–Trinajstić information content (AvgIpc) is 2.63. The van der Waals surface area contributed by atoms with Crippen LogP contribution in [0.2, 0.25) is 0 Å². The lowest BCUT2D eigenvalue weighted by atomic mass is 9.98. The molecule has 1 amide bonds. The van der Waals surface area contributed by atoms with Crippen molar-refractivity contribution in [2.45, 2.75) is 6.42 Å². The van der Waals surface area contributed by atoms with Gasteiger partial charge in [0.2, 0.25) is 0 Å². The zero-order chi connectivity index (χ0) is 16.9. The minimum atomic E-state index is -0.0136. The van der Waals surface area contributed by atoms with Crippen LogP contribution in [0.15, 0.2) is 60.4 Å². The van der Waals surface area contributed by atoms with Gasteiger partial charge in [-0.25, -0.2) is 4.39 Å². The van der Waals surface area contributed by atoms with Crippen LogP contribution >= 0.6 is 0 Å². The predicted molar refractivity (Wildman–Crippen MR) is 92.0 cm³/mol. The average molecular weight is 326 g/mol. The Morgan fingerprint density at radius 3 is 2.75 bits per heavy atom. The predicted octanol–water partition coefficient (Wildman–Crippen LogP) is 3.08. The van der Waals surface area contributed by atoms with E-state index in [0.717, 1.165) is 17.7 Å². The molecule has 2 aromatic carbocycles. The van der Waals surface area contributed by atoms with Gasteiger partial charge in [-0.05, 0) is 42.3 Å². The van der Waals surface area contributed by atoms with E-state index in [1.807, 2.05) is 36.4 Å². The van der Waals surface area contributed by atoms with Crippen LogP contribution in [0.25, 0.3) is 0 Å². The summed E-state index contributed by atoms with van der Waals surface area (Å²) in [6, 6.07) is 15.0. The third-order valence-electron chi connectivity index (χ3n) is 4.07. The highest BCUT2D eigenvalue weighted by atomic mass is 19.1. The number of para-hydroxylation sites is 1. The van der Waals surface area contributed by atoms with E-state index in [9.17, 15) is 9.18 Å². The molecule has 1 aliphatic heterocycles. The number of amides is 1. The van der Waals surface area contributed by atoms with Gasteiger partial charge in [-0.1, -0.05) is 18.2 Å². The Hall–Kier alpha value is -2.66. The molecule has 0 atom stereocenters. The molecule has 0 bridgehead atoms. The van der Waals surface area contributed by atoms with Crippen LogP contribution in [0.3, 0.4) is 0 Å². The quantitative estimate of drug-likeness (QED) is 0.919. The van der Waals surface area contributed by atoms with Gasteiger partial charge in [0.15, 0.2) is 0 Å². The van der Waals surface area contributed by atoms with Gasteiger partial charge in [0.05, 0.1) is 6.33 Å². The molecule has 1 heterocycles. The van der Waals surface area contributed by atoms with E-state index in [2.05, 4.69) is 0 Å². The first-order chi connectivity index (χ1) is 11.7.